The van der Waals surface area contributed by atoms with Gasteiger partial charge in [0.1, 0.15) is 11.1 Å². The van der Waals surface area contributed by atoms with Crippen molar-refractivity contribution in [3.63, 3.8) is 0 Å². The van der Waals surface area contributed by atoms with Crippen molar-refractivity contribution in [2.45, 2.75) is 55.5 Å². The Balaban J connectivity index is 1.53. The Morgan fingerprint density at radius 1 is 0.886 bits per heavy atom. The zero-order valence-electron chi connectivity index (χ0n) is 20.1. The molecule has 0 radical (unpaired) electrons. The summed E-state index contributed by atoms with van der Waals surface area (Å²) < 4.78 is 15.8. The SMILES string of the molecule is C[C@H](c1nnc(S[C@H](C(=O)N2CCCC2)c2ccccc2)n1-c1ccc(F)cc1)N1CCCCC1. The smallest absolute Gasteiger partial charge is 0.240 e. The summed E-state index contributed by atoms with van der Waals surface area (Å²) in [4.78, 5) is 18.0. The highest BCUT2D eigenvalue weighted by molar-refractivity contribution is 8.00. The van der Waals surface area contributed by atoms with Crippen LogP contribution in [0.15, 0.2) is 59.8 Å². The molecule has 2 fully saturated rings. The second kappa shape index (κ2) is 10.9. The first-order chi connectivity index (χ1) is 17.1. The van der Waals surface area contributed by atoms with Crippen LogP contribution in [0.1, 0.15) is 61.7 Å². The van der Waals surface area contributed by atoms with Gasteiger partial charge in [-0.05, 0) is 75.5 Å². The van der Waals surface area contributed by atoms with Gasteiger partial charge in [-0.1, -0.05) is 48.5 Å². The number of hydrogen-bond acceptors (Lipinski definition) is 5. The van der Waals surface area contributed by atoms with Gasteiger partial charge in [0.2, 0.25) is 5.91 Å². The molecule has 2 atom stereocenters. The zero-order chi connectivity index (χ0) is 24.2. The van der Waals surface area contributed by atoms with E-state index in [1.165, 1.54) is 43.2 Å². The first-order valence-corrected chi connectivity index (χ1v) is 13.5. The molecule has 1 amide bonds. The second-order valence-corrected chi connectivity index (χ2v) is 10.4. The molecule has 2 aliphatic heterocycles. The molecule has 0 unspecified atom stereocenters. The van der Waals surface area contributed by atoms with Crippen LogP contribution >= 0.6 is 11.8 Å². The highest BCUT2D eigenvalue weighted by Crippen LogP contribution is 2.39. The molecule has 0 saturated carbocycles. The normalized spacial score (nSPS) is 18.5. The topological polar surface area (TPSA) is 54.3 Å². The Labute approximate surface area is 210 Å². The molecule has 2 saturated heterocycles. The fourth-order valence-electron chi connectivity index (χ4n) is 5.03. The second-order valence-electron chi connectivity index (χ2n) is 9.37. The van der Waals surface area contributed by atoms with Crippen molar-refractivity contribution in [2.75, 3.05) is 26.2 Å². The predicted octanol–water partition coefficient (Wildman–Crippen LogP) is 5.41. The summed E-state index contributed by atoms with van der Waals surface area (Å²) in [6.45, 7) is 5.81. The number of aromatic nitrogens is 3. The first kappa shape index (κ1) is 24.0. The number of benzene rings is 2. The molecular formula is C27H32FN5OS. The van der Waals surface area contributed by atoms with Gasteiger partial charge in [-0.2, -0.15) is 0 Å². The molecule has 0 aliphatic carbocycles. The highest BCUT2D eigenvalue weighted by atomic mass is 32.2. The predicted molar refractivity (Wildman–Crippen MR) is 136 cm³/mol. The molecule has 8 heteroatoms. The third kappa shape index (κ3) is 5.28. The average Bonchev–Trinajstić information content (AvgIpc) is 3.59. The van der Waals surface area contributed by atoms with E-state index < -0.39 is 5.25 Å². The Morgan fingerprint density at radius 3 is 2.23 bits per heavy atom. The summed E-state index contributed by atoms with van der Waals surface area (Å²) in [5, 5.41) is 9.44. The van der Waals surface area contributed by atoms with Crippen LogP contribution in [0, 0.1) is 5.82 Å². The van der Waals surface area contributed by atoms with Crippen molar-refractivity contribution in [3.05, 3.63) is 71.8 Å². The van der Waals surface area contributed by atoms with Crippen LogP contribution in [0.5, 0.6) is 0 Å². The molecule has 0 N–H and O–H groups in total. The van der Waals surface area contributed by atoms with E-state index in [2.05, 4.69) is 22.0 Å². The molecule has 1 aromatic heterocycles. The number of piperidine rings is 1. The molecule has 0 bridgehead atoms. The van der Waals surface area contributed by atoms with E-state index in [9.17, 15) is 9.18 Å². The van der Waals surface area contributed by atoms with Gasteiger partial charge in [-0.15, -0.1) is 10.2 Å². The lowest BCUT2D eigenvalue weighted by molar-refractivity contribution is -0.129. The van der Waals surface area contributed by atoms with E-state index in [1.807, 2.05) is 39.8 Å². The van der Waals surface area contributed by atoms with Crippen LogP contribution in [0.4, 0.5) is 4.39 Å². The van der Waals surface area contributed by atoms with Crippen LogP contribution in [-0.2, 0) is 4.79 Å². The van der Waals surface area contributed by atoms with E-state index in [-0.39, 0.29) is 17.8 Å². The van der Waals surface area contributed by atoms with Crippen molar-refractivity contribution in [3.8, 4) is 5.69 Å². The zero-order valence-corrected chi connectivity index (χ0v) is 21.0. The third-order valence-corrected chi connectivity index (χ3v) is 8.21. The lowest BCUT2D eigenvalue weighted by Gasteiger charge is -2.32. The number of carbonyl (C=O) groups is 1. The molecule has 2 aliphatic rings. The number of likely N-dealkylation sites (tertiary alicyclic amines) is 2. The van der Waals surface area contributed by atoms with E-state index >= 15 is 0 Å². The largest absolute Gasteiger partial charge is 0.341 e. The molecule has 184 valence electrons. The molecule has 3 heterocycles. The van der Waals surface area contributed by atoms with Crippen LogP contribution < -0.4 is 0 Å². The minimum Gasteiger partial charge on any atom is -0.341 e. The van der Waals surface area contributed by atoms with Crippen molar-refractivity contribution in [1.29, 1.82) is 0 Å². The maximum atomic E-state index is 13.8. The maximum absolute atomic E-state index is 13.8. The summed E-state index contributed by atoms with van der Waals surface area (Å²) in [7, 11) is 0. The van der Waals surface area contributed by atoms with E-state index in [4.69, 9.17) is 0 Å². The number of nitrogens with zero attached hydrogens (tertiary/aromatic N) is 5. The average molecular weight is 494 g/mol. The Hall–Kier alpha value is -2.71. The minimum absolute atomic E-state index is 0.0617. The summed E-state index contributed by atoms with van der Waals surface area (Å²) in [5.74, 6) is 0.646. The molecule has 5 rings (SSSR count). The molecular weight excluding hydrogens is 461 g/mol. The molecule has 2 aromatic carbocycles. The molecule has 3 aromatic rings. The lowest BCUT2D eigenvalue weighted by atomic mass is 10.1. The summed E-state index contributed by atoms with van der Waals surface area (Å²) >= 11 is 1.43. The Bertz CT molecular complexity index is 1120. The first-order valence-electron chi connectivity index (χ1n) is 12.6. The van der Waals surface area contributed by atoms with E-state index in [0.717, 1.165) is 56.1 Å². The quantitative estimate of drug-likeness (QED) is 0.412. The maximum Gasteiger partial charge on any atom is 0.240 e. The number of carbonyl (C=O) groups excluding carboxylic acids is 1. The van der Waals surface area contributed by atoms with Crippen molar-refractivity contribution in [2.24, 2.45) is 0 Å². The van der Waals surface area contributed by atoms with Gasteiger partial charge < -0.3 is 4.90 Å². The van der Waals surface area contributed by atoms with Crippen LogP contribution in [0.3, 0.4) is 0 Å². The van der Waals surface area contributed by atoms with Gasteiger partial charge in [0.05, 0.1) is 6.04 Å². The Morgan fingerprint density at radius 2 is 1.54 bits per heavy atom. The van der Waals surface area contributed by atoms with Crippen molar-refractivity contribution in [1.82, 2.24) is 24.6 Å². The van der Waals surface area contributed by atoms with E-state index in [1.54, 1.807) is 12.1 Å². The van der Waals surface area contributed by atoms with Gasteiger partial charge in [0, 0.05) is 18.8 Å². The van der Waals surface area contributed by atoms with Crippen molar-refractivity contribution < 1.29 is 9.18 Å². The number of halogens is 1. The van der Waals surface area contributed by atoms with Crippen LogP contribution in [-0.4, -0.2) is 56.7 Å². The van der Waals surface area contributed by atoms with Crippen LogP contribution in [0.25, 0.3) is 5.69 Å². The number of thioether (sulfide) groups is 1. The molecule has 0 spiro atoms. The monoisotopic (exact) mass is 493 g/mol. The summed E-state index contributed by atoms with van der Waals surface area (Å²) in [6, 6.07) is 16.4. The van der Waals surface area contributed by atoms with E-state index in [0.29, 0.717) is 5.16 Å². The van der Waals surface area contributed by atoms with Gasteiger partial charge in [0.15, 0.2) is 11.0 Å². The molecule has 35 heavy (non-hydrogen) atoms. The summed E-state index contributed by atoms with van der Waals surface area (Å²) in [6.07, 6.45) is 5.70. The molecule has 6 nitrogen and oxygen atoms in total. The minimum atomic E-state index is -0.421. The fraction of sp³-hybridized carbons (Fsp3) is 0.444. The number of rotatable bonds is 7. The van der Waals surface area contributed by atoms with Crippen molar-refractivity contribution >= 4 is 17.7 Å². The third-order valence-electron chi connectivity index (χ3n) is 7.02. The van der Waals surface area contributed by atoms with Gasteiger partial charge in [0.25, 0.3) is 0 Å². The fourth-order valence-corrected chi connectivity index (χ4v) is 6.17. The number of hydrogen-bond donors (Lipinski definition) is 0. The summed E-state index contributed by atoms with van der Waals surface area (Å²) in [5.41, 5.74) is 1.76. The van der Waals surface area contributed by atoms with Gasteiger partial charge >= 0.3 is 0 Å². The standard InChI is InChI=1S/C27H32FN5OS/c1-20(31-16-6-3-7-17-31)25-29-30-27(33(25)23-14-12-22(28)13-15-23)35-24(21-10-4-2-5-11-21)26(34)32-18-8-9-19-32/h2,4-5,10-15,20,24H,3,6-9,16-19H2,1H3/t20-,24+/m1/s1. The lowest BCUT2D eigenvalue weighted by Crippen LogP contribution is -2.33. The van der Waals surface area contributed by atoms with Gasteiger partial charge in [-0.25, -0.2) is 4.39 Å². The Kier molecular flexibility index (Phi) is 7.48. The number of amides is 1. The van der Waals surface area contributed by atoms with Gasteiger partial charge in [-0.3, -0.25) is 14.3 Å². The van der Waals surface area contributed by atoms with Crippen LogP contribution in [0.2, 0.25) is 0 Å². The highest BCUT2D eigenvalue weighted by Gasteiger charge is 2.32.